The lowest BCUT2D eigenvalue weighted by molar-refractivity contribution is 0.284. The Morgan fingerprint density at radius 3 is 2.42 bits per heavy atom. The Morgan fingerprint density at radius 1 is 1.04 bits per heavy atom. The van der Waals surface area contributed by atoms with Gasteiger partial charge in [0, 0.05) is 18.7 Å². The molecular weight excluding hydrogens is 409 g/mol. The van der Waals surface area contributed by atoms with Crippen LogP contribution in [-0.4, -0.2) is 23.0 Å². The molecule has 0 unspecified atom stereocenters. The van der Waals surface area contributed by atoms with Crippen LogP contribution in [0.1, 0.15) is 30.9 Å². The number of rotatable bonds is 4. The van der Waals surface area contributed by atoms with E-state index in [4.69, 9.17) is 51.8 Å². The molecule has 138 valence electrons. The minimum absolute atomic E-state index is 0.365. The van der Waals surface area contributed by atoms with Crippen LogP contribution in [0, 0.1) is 5.92 Å². The molecule has 0 saturated carbocycles. The summed E-state index contributed by atoms with van der Waals surface area (Å²) in [6.45, 7) is 4.67. The topological polar surface area (TPSA) is 12.5 Å². The molecule has 2 aromatic rings. The zero-order valence-corrected chi connectivity index (χ0v) is 17.6. The monoisotopic (exact) mass is 427 g/mol. The fraction of sp³-hybridized carbons (Fsp3) is 0.350. The summed E-state index contributed by atoms with van der Waals surface area (Å²) in [6.07, 6.45) is 2.36. The number of ether oxygens (including phenoxy) is 1. The number of hydrogen-bond donors (Lipinski definition) is 0. The van der Waals surface area contributed by atoms with Gasteiger partial charge < -0.3 is 9.64 Å². The van der Waals surface area contributed by atoms with Gasteiger partial charge >= 0.3 is 0 Å². The van der Waals surface area contributed by atoms with Crippen LogP contribution in [-0.2, 0) is 6.61 Å². The smallest absolute Gasteiger partial charge is 0.138 e. The summed E-state index contributed by atoms with van der Waals surface area (Å²) in [4.78, 5) is 3.12. The van der Waals surface area contributed by atoms with Gasteiger partial charge in [-0.15, -0.1) is 0 Å². The molecule has 0 aromatic heterocycles. The van der Waals surface area contributed by atoms with Crippen molar-refractivity contribution in [2.24, 2.45) is 5.92 Å². The van der Waals surface area contributed by atoms with Crippen LogP contribution in [0.3, 0.4) is 0 Å². The Hall–Kier alpha value is -1.000. The zero-order chi connectivity index (χ0) is 18.7. The highest BCUT2D eigenvalue weighted by molar-refractivity contribution is 7.80. The summed E-state index contributed by atoms with van der Waals surface area (Å²) in [6, 6.07) is 11.1. The zero-order valence-electron chi connectivity index (χ0n) is 14.5. The summed E-state index contributed by atoms with van der Waals surface area (Å²) >= 11 is 24.0. The molecular formula is C20H20Cl3NOS. The first-order chi connectivity index (χ1) is 12.4. The van der Waals surface area contributed by atoms with Crippen LogP contribution in [0.15, 0.2) is 36.4 Å². The minimum Gasteiger partial charge on any atom is -0.487 e. The fourth-order valence-electron chi connectivity index (χ4n) is 2.94. The van der Waals surface area contributed by atoms with E-state index in [9.17, 15) is 0 Å². The molecule has 0 atom stereocenters. The molecule has 0 spiro atoms. The molecule has 0 N–H and O–H groups in total. The van der Waals surface area contributed by atoms with Crippen molar-refractivity contribution in [1.82, 2.24) is 4.90 Å². The van der Waals surface area contributed by atoms with Crippen molar-refractivity contribution < 1.29 is 4.74 Å². The SMILES string of the molecule is CC1CCN(C(=S)c2ccc(OCc3ccc(Cl)c(Cl)c3)c(Cl)c2)CC1. The molecule has 0 radical (unpaired) electrons. The Kier molecular flexibility index (Phi) is 6.68. The summed E-state index contributed by atoms with van der Waals surface area (Å²) < 4.78 is 5.82. The third kappa shape index (κ3) is 4.83. The molecule has 2 nitrogen and oxygen atoms in total. The van der Waals surface area contributed by atoms with Crippen LogP contribution in [0.5, 0.6) is 5.75 Å². The summed E-state index contributed by atoms with van der Waals surface area (Å²) in [7, 11) is 0. The van der Waals surface area contributed by atoms with Gasteiger partial charge in [-0.2, -0.15) is 0 Å². The van der Waals surface area contributed by atoms with Crippen molar-refractivity contribution in [2.45, 2.75) is 26.4 Å². The Morgan fingerprint density at radius 2 is 1.77 bits per heavy atom. The van der Waals surface area contributed by atoms with Crippen LogP contribution in [0.2, 0.25) is 15.1 Å². The summed E-state index contributed by atoms with van der Waals surface area (Å²) in [5, 5.41) is 1.59. The van der Waals surface area contributed by atoms with Gasteiger partial charge in [0.1, 0.15) is 17.3 Å². The van der Waals surface area contributed by atoms with Gasteiger partial charge in [-0.25, -0.2) is 0 Å². The lowest BCUT2D eigenvalue weighted by atomic mass is 9.99. The Bertz CT molecular complexity index is 804. The van der Waals surface area contributed by atoms with Crippen molar-refractivity contribution >= 4 is 52.0 Å². The molecule has 1 heterocycles. The number of piperidine rings is 1. The third-order valence-electron chi connectivity index (χ3n) is 4.63. The van der Waals surface area contributed by atoms with Crippen molar-refractivity contribution in [2.75, 3.05) is 13.1 Å². The van der Waals surface area contributed by atoms with E-state index in [0.717, 1.165) is 35.1 Å². The Balaban J connectivity index is 1.65. The first kappa shape index (κ1) is 19.8. The average molecular weight is 429 g/mol. The van der Waals surface area contributed by atoms with Gasteiger partial charge in [0.05, 0.1) is 15.1 Å². The second kappa shape index (κ2) is 8.79. The van der Waals surface area contributed by atoms with E-state index in [-0.39, 0.29) is 0 Å². The van der Waals surface area contributed by atoms with E-state index >= 15 is 0 Å². The summed E-state index contributed by atoms with van der Waals surface area (Å²) in [5.41, 5.74) is 1.89. The number of thiocarbonyl (C=S) groups is 1. The number of hydrogen-bond acceptors (Lipinski definition) is 2. The Labute approximate surface area is 175 Å². The highest BCUT2D eigenvalue weighted by Gasteiger charge is 2.19. The highest BCUT2D eigenvalue weighted by atomic mass is 35.5. The van der Waals surface area contributed by atoms with E-state index in [1.54, 1.807) is 12.1 Å². The van der Waals surface area contributed by atoms with Gasteiger partial charge in [-0.3, -0.25) is 0 Å². The van der Waals surface area contributed by atoms with Gasteiger partial charge in [0.15, 0.2) is 0 Å². The number of benzene rings is 2. The van der Waals surface area contributed by atoms with Crippen molar-refractivity contribution in [1.29, 1.82) is 0 Å². The second-order valence-corrected chi connectivity index (χ2v) is 8.27. The molecule has 0 aliphatic carbocycles. The predicted molar refractivity (Wildman–Crippen MR) is 114 cm³/mol. The van der Waals surface area contributed by atoms with Crippen LogP contribution < -0.4 is 4.74 Å². The van der Waals surface area contributed by atoms with E-state index in [2.05, 4.69) is 11.8 Å². The molecule has 1 saturated heterocycles. The van der Waals surface area contributed by atoms with E-state index in [0.29, 0.717) is 27.4 Å². The van der Waals surface area contributed by atoms with Crippen molar-refractivity contribution in [3.63, 3.8) is 0 Å². The molecule has 26 heavy (non-hydrogen) atoms. The van der Waals surface area contributed by atoms with Crippen molar-refractivity contribution in [3.05, 3.63) is 62.6 Å². The lowest BCUT2D eigenvalue weighted by Gasteiger charge is -2.32. The van der Waals surface area contributed by atoms with Crippen LogP contribution >= 0.6 is 47.0 Å². The molecule has 0 bridgehead atoms. The first-order valence-corrected chi connectivity index (χ1v) is 10.1. The molecule has 1 fully saturated rings. The maximum atomic E-state index is 6.41. The number of likely N-dealkylation sites (tertiary alicyclic amines) is 1. The van der Waals surface area contributed by atoms with Gasteiger partial charge in [-0.1, -0.05) is 60.0 Å². The molecule has 1 aliphatic heterocycles. The van der Waals surface area contributed by atoms with Crippen LogP contribution in [0.4, 0.5) is 0 Å². The molecule has 6 heteroatoms. The predicted octanol–water partition coefficient (Wildman–Crippen LogP) is 6.63. The molecule has 2 aromatic carbocycles. The maximum Gasteiger partial charge on any atom is 0.138 e. The van der Waals surface area contributed by atoms with Crippen molar-refractivity contribution in [3.8, 4) is 5.75 Å². The normalized spacial score (nSPS) is 15.2. The van der Waals surface area contributed by atoms with E-state index in [1.165, 1.54) is 12.8 Å². The van der Waals surface area contributed by atoms with Gasteiger partial charge in [0.2, 0.25) is 0 Å². The lowest BCUT2D eigenvalue weighted by Crippen LogP contribution is -2.37. The van der Waals surface area contributed by atoms with E-state index < -0.39 is 0 Å². The fourth-order valence-corrected chi connectivity index (χ4v) is 3.80. The molecule has 0 amide bonds. The second-order valence-electron chi connectivity index (χ2n) is 6.66. The van der Waals surface area contributed by atoms with Gasteiger partial charge in [0.25, 0.3) is 0 Å². The molecule has 1 aliphatic rings. The average Bonchev–Trinajstić information content (AvgIpc) is 2.63. The van der Waals surface area contributed by atoms with Gasteiger partial charge in [-0.05, 0) is 54.7 Å². The quantitative estimate of drug-likeness (QED) is 0.507. The minimum atomic E-state index is 0.365. The third-order valence-corrected chi connectivity index (χ3v) is 6.16. The standard InChI is InChI=1S/C20H20Cl3NOS/c1-13-6-8-24(9-7-13)20(26)15-3-5-19(18(23)11-15)25-12-14-2-4-16(21)17(22)10-14/h2-5,10-11,13H,6-9,12H2,1H3. The maximum absolute atomic E-state index is 6.41. The summed E-state index contributed by atoms with van der Waals surface area (Å²) in [5.74, 6) is 1.39. The van der Waals surface area contributed by atoms with E-state index in [1.807, 2.05) is 24.3 Å². The number of nitrogens with zero attached hydrogens (tertiary/aromatic N) is 1. The van der Waals surface area contributed by atoms with Crippen LogP contribution in [0.25, 0.3) is 0 Å². The largest absolute Gasteiger partial charge is 0.487 e. The number of halogens is 3. The highest BCUT2D eigenvalue weighted by Crippen LogP contribution is 2.29. The molecule has 3 rings (SSSR count). The first-order valence-electron chi connectivity index (χ1n) is 8.59.